The number of nitrogens with two attached hydrogens (primary N) is 1. The van der Waals surface area contributed by atoms with Crippen LogP contribution in [-0.4, -0.2) is 17.5 Å². The number of anilines is 2. The molecule has 0 aliphatic heterocycles. The maximum atomic E-state index is 13.3. The van der Waals surface area contributed by atoms with Gasteiger partial charge in [0.15, 0.2) is 0 Å². The van der Waals surface area contributed by atoms with Crippen molar-refractivity contribution in [2.75, 3.05) is 17.7 Å². The van der Waals surface area contributed by atoms with E-state index in [1.54, 1.807) is 0 Å². The average molecular weight is 494 g/mol. The number of hydrogen-bond donors (Lipinski definition) is 2. The summed E-state index contributed by atoms with van der Waals surface area (Å²) in [6.45, 7) is 6.60. The average Bonchev–Trinajstić information content (AvgIpc) is 3.24. The molecule has 6 heteroatoms. The molecule has 180 valence electrons. The smallest absolute Gasteiger partial charge is 0.267 e. The molecule has 0 atom stereocenters. The zero-order chi connectivity index (χ0) is 25.2. The summed E-state index contributed by atoms with van der Waals surface area (Å²) < 4.78 is 5.59. The molecule has 0 aliphatic carbocycles. The van der Waals surface area contributed by atoms with Crippen LogP contribution in [-0.2, 0) is 0 Å². The summed E-state index contributed by atoms with van der Waals surface area (Å²) in [5.41, 5.74) is 13.8. The van der Waals surface area contributed by atoms with Crippen LogP contribution in [0.4, 0.5) is 11.4 Å². The highest BCUT2D eigenvalue weighted by atomic mass is 32.1. The number of hydrogen-bond acceptors (Lipinski definition) is 5. The van der Waals surface area contributed by atoms with Crippen LogP contribution in [0.3, 0.4) is 0 Å². The Morgan fingerprint density at radius 3 is 2.44 bits per heavy atom. The number of nitrogens with zero attached hydrogens (tertiary/aromatic N) is 1. The summed E-state index contributed by atoms with van der Waals surface area (Å²) in [6.07, 6.45) is 0. The van der Waals surface area contributed by atoms with Gasteiger partial charge in [0.1, 0.15) is 15.5 Å². The Bertz CT molecular complexity index is 1560. The zero-order valence-corrected chi connectivity index (χ0v) is 21.3. The maximum Gasteiger partial charge on any atom is 0.267 e. The van der Waals surface area contributed by atoms with Gasteiger partial charge in [-0.05, 0) is 79.4 Å². The summed E-state index contributed by atoms with van der Waals surface area (Å²) in [6, 6.07) is 25.9. The fraction of sp³-hybridized carbons (Fsp3) is 0.133. The van der Waals surface area contributed by atoms with E-state index >= 15 is 0 Å². The highest BCUT2D eigenvalue weighted by Gasteiger charge is 2.22. The second kappa shape index (κ2) is 9.84. The number of fused-ring (bicyclic) bond motifs is 1. The molecule has 0 spiro atoms. The van der Waals surface area contributed by atoms with E-state index in [0.717, 1.165) is 55.2 Å². The number of nitrogen functional groups attached to an aromatic ring is 1. The highest BCUT2D eigenvalue weighted by molar-refractivity contribution is 7.21. The van der Waals surface area contributed by atoms with Gasteiger partial charge in [-0.3, -0.25) is 4.79 Å². The Kier molecular flexibility index (Phi) is 6.44. The molecule has 0 unspecified atom stereocenters. The Morgan fingerprint density at radius 1 is 0.972 bits per heavy atom. The summed E-state index contributed by atoms with van der Waals surface area (Å²) in [5, 5.41) is 3.84. The van der Waals surface area contributed by atoms with Crippen molar-refractivity contribution in [1.82, 2.24) is 4.98 Å². The first kappa shape index (κ1) is 23.6. The molecule has 0 saturated heterocycles. The molecule has 0 radical (unpaired) electrons. The van der Waals surface area contributed by atoms with Crippen molar-refractivity contribution in [2.45, 2.75) is 20.8 Å². The third kappa shape index (κ3) is 4.43. The predicted octanol–water partition coefficient (Wildman–Crippen LogP) is 7.48. The summed E-state index contributed by atoms with van der Waals surface area (Å²) >= 11 is 1.32. The lowest BCUT2D eigenvalue weighted by molar-refractivity contribution is 0.103. The lowest BCUT2D eigenvalue weighted by Gasteiger charge is -2.10. The Morgan fingerprint density at radius 2 is 1.72 bits per heavy atom. The number of ether oxygens (including phenoxy) is 1. The minimum atomic E-state index is -0.231. The molecule has 5 nitrogen and oxygen atoms in total. The van der Waals surface area contributed by atoms with Crippen LogP contribution in [0.5, 0.6) is 5.75 Å². The predicted molar refractivity (Wildman–Crippen MR) is 150 cm³/mol. The van der Waals surface area contributed by atoms with Crippen LogP contribution in [0.15, 0.2) is 78.9 Å². The molecule has 1 amide bonds. The summed E-state index contributed by atoms with van der Waals surface area (Å²) in [7, 11) is 0. The molecule has 3 aromatic carbocycles. The number of aromatic nitrogens is 1. The van der Waals surface area contributed by atoms with Gasteiger partial charge >= 0.3 is 0 Å². The van der Waals surface area contributed by atoms with Crippen LogP contribution in [0.2, 0.25) is 0 Å². The van der Waals surface area contributed by atoms with E-state index in [0.29, 0.717) is 17.2 Å². The van der Waals surface area contributed by atoms with Gasteiger partial charge in [0.05, 0.1) is 18.0 Å². The third-order valence-corrected chi connectivity index (χ3v) is 7.40. The van der Waals surface area contributed by atoms with Crippen molar-refractivity contribution in [3.63, 3.8) is 0 Å². The topological polar surface area (TPSA) is 77.2 Å². The number of thiophene rings is 1. The second-order valence-electron chi connectivity index (χ2n) is 8.61. The number of carbonyl (C=O) groups excluding carboxylic acids is 1. The highest BCUT2D eigenvalue weighted by Crippen LogP contribution is 2.41. The number of amides is 1. The molecular weight excluding hydrogens is 466 g/mol. The van der Waals surface area contributed by atoms with Crippen LogP contribution >= 0.6 is 11.3 Å². The van der Waals surface area contributed by atoms with Crippen molar-refractivity contribution in [3.8, 4) is 28.1 Å². The minimum Gasteiger partial charge on any atom is -0.494 e. The lowest BCUT2D eigenvalue weighted by Crippen LogP contribution is -2.13. The van der Waals surface area contributed by atoms with Crippen LogP contribution < -0.4 is 15.8 Å². The normalized spacial score (nSPS) is 11.0. The Balaban J connectivity index is 1.63. The first-order chi connectivity index (χ1) is 17.5. The van der Waals surface area contributed by atoms with E-state index in [2.05, 4.69) is 5.32 Å². The zero-order valence-electron chi connectivity index (χ0n) is 20.5. The second-order valence-corrected chi connectivity index (χ2v) is 9.60. The monoisotopic (exact) mass is 493 g/mol. The number of nitrogens with one attached hydrogen (secondary N) is 1. The van der Waals surface area contributed by atoms with Gasteiger partial charge in [-0.2, -0.15) is 0 Å². The van der Waals surface area contributed by atoms with Crippen molar-refractivity contribution >= 4 is 38.8 Å². The van der Waals surface area contributed by atoms with Gasteiger partial charge < -0.3 is 15.8 Å². The van der Waals surface area contributed by atoms with Crippen molar-refractivity contribution in [1.29, 1.82) is 0 Å². The van der Waals surface area contributed by atoms with Crippen molar-refractivity contribution < 1.29 is 9.53 Å². The van der Waals surface area contributed by atoms with Gasteiger partial charge in [0.2, 0.25) is 0 Å². The van der Waals surface area contributed by atoms with Gasteiger partial charge in [-0.25, -0.2) is 4.98 Å². The van der Waals surface area contributed by atoms with Crippen LogP contribution in [0.25, 0.3) is 32.6 Å². The molecule has 5 rings (SSSR count). The fourth-order valence-corrected chi connectivity index (χ4v) is 5.25. The van der Waals surface area contributed by atoms with E-state index in [-0.39, 0.29) is 5.91 Å². The van der Waals surface area contributed by atoms with E-state index in [9.17, 15) is 4.79 Å². The number of rotatable bonds is 6. The molecular formula is C30H27N3O2S. The first-order valence-electron chi connectivity index (χ1n) is 11.9. The molecule has 0 bridgehead atoms. The quantitative estimate of drug-likeness (QED) is 0.257. The van der Waals surface area contributed by atoms with Crippen molar-refractivity contribution in [3.05, 3.63) is 94.9 Å². The number of aryl methyl sites for hydroxylation is 1. The van der Waals surface area contributed by atoms with Crippen LogP contribution in [0, 0.1) is 13.8 Å². The van der Waals surface area contributed by atoms with Gasteiger partial charge in [-0.1, -0.05) is 42.5 Å². The molecule has 36 heavy (non-hydrogen) atoms. The van der Waals surface area contributed by atoms with E-state index in [1.807, 2.05) is 99.6 Å². The Labute approximate surface area is 214 Å². The molecule has 5 aromatic rings. The molecule has 0 aliphatic rings. The summed E-state index contributed by atoms with van der Waals surface area (Å²) in [5.74, 6) is 0.585. The van der Waals surface area contributed by atoms with Crippen molar-refractivity contribution in [2.24, 2.45) is 0 Å². The maximum absolute atomic E-state index is 13.3. The lowest BCUT2D eigenvalue weighted by atomic mass is 9.99. The third-order valence-electron chi connectivity index (χ3n) is 6.30. The number of benzene rings is 3. The molecule has 2 heterocycles. The summed E-state index contributed by atoms with van der Waals surface area (Å²) in [4.78, 5) is 19.5. The largest absolute Gasteiger partial charge is 0.494 e. The molecule has 3 N–H and O–H groups in total. The van der Waals surface area contributed by atoms with E-state index in [4.69, 9.17) is 15.5 Å². The minimum absolute atomic E-state index is 0.231. The van der Waals surface area contributed by atoms with Gasteiger partial charge in [-0.15, -0.1) is 11.3 Å². The number of carbonyl (C=O) groups is 1. The SMILES string of the molecule is CCOc1ccc(-c2cc(-c3ccccc3)c3c(N)c(C(=O)Nc4cccc(C)c4C)sc3n2)cc1. The van der Waals surface area contributed by atoms with Gasteiger partial charge in [0, 0.05) is 16.6 Å². The molecule has 0 fully saturated rings. The Hall–Kier alpha value is -4.16. The standard InChI is InChI=1S/C30H27N3O2S/c1-4-35-22-15-13-21(14-16-22)25-17-23(20-10-6-5-7-11-20)26-27(31)28(36-30(26)33-25)29(34)32-24-12-8-9-18(2)19(24)3/h5-17H,4,31H2,1-3H3,(H,32,34). The first-order valence-corrected chi connectivity index (χ1v) is 12.7. The van der Waals surface area contributed by atoms with Crippen LogP contribution in [0.1, 0.15) is 27.7 Å². The van der Waals surface area contributed by atoms with E-state index < -0.39 is 0 Å². The fourth-order valence-electron chi connectivity index (χ4n) is 4.24. The number of pyridine rings is 1. The van der Waals surface area contributed by atoms with E-state index in [1.165, 1.54) is 11.3 Å². The van der Waals surface area contributed by atoms with Gasteiger partial charge in [0.25, 0.3) is 5.91 Å². The molecule has 0 saturated carbocycles. The molecule has 2 aromatic heterocycles.